The van der Waals surface area contributed by atoms with Gasteiger partial charge in [0.2, 0.25) is 0 Å². The summed E-state index contributed by atoms with van der Waals surface area (Å²) in [5, 5.41) is 0.721. The van der Waals surface area contributed by atoms with Gasteiger partial charge in [-0.15, -0.1) is 0 Å². The summed E-state index contributed by atoms with van der Waals surface area (Å²) in [6.07, 6.45) is 1.80. The maximum absolute atomic E-state index is 5.67. The highest BCUT2D eigenvalue weighted by molar-refractivity contribution is 6.30. The van der Waals surface area contributed by atoms with Crippen LogP contribution in [0.3, 0.4) is 0 Å². The van der Waals surface area contributed by atoms with Gasteiger partial charge in [-0.3, -0.25) is 4.99 Å². The molecular weight excluding hydrogens is 172 g/mol. The van der Waals surface area contributed by atoms with E-state index >= 15 is 0 Å². The van der Waals surface area contributed by atoms with Crippen LogP contribution in [0.25, 0.3) is 0 Å². The standard InChI is InChI=1S/C9H15ClN2/c1-6(10)5-7(2)12-9(4)8(3)11/h5H,11H2,1-4H3/b6-5+,9-8+,12-7-. The Kier molecular flexibility index (Phi) is 4.67. The van der Waals surface area contributed by atoms with Crippen LogP contribution in [0.15, 0.2) is 27.5 Å². The Balaban J connectivity index is 4.59. The largest absolute Gasteiger partial charge is 0.401 e. The SMILES string of the molecule is CC(/C=C(\C)Cl)=N/C(C)=C(\C)N. The summed E-state index contributed by atoms with van der Waals surface area (Å²) < 4.78 is 0. The summed E-state index contributed by atoms with van der Waals surface area (Å²) in [6, 6.07) is 0. The van der Waals surface area contributed by atoms with E-state index in [1.807, 2.05) is 27.7 Å². The molecule has 3 heteroatoms. The van der Waals surface area contributed by atoms with Gasteiger partial charge in [-0.05, 0) is 33.8 Å². The molecule has 0 heterocycles. The van der Waals surface area contributed by atoms with E-state index in [1.54, 1.807) is 6.08 Å². The summed E-state index contributed by atoms with van der Waals surface area (Å²) in [7, 11) is 0. The molecular formula is C9H15ClN2. The van der Waals surface area contributed by atoms with Crippen molar-refractivity contribution >= 4 is 17.3 Å². The topological polar surface area (TPSA) is 38.4 Å². The molecule has 0 spiro atoms. The summed E-state index contributed by atoms with van der Waals surface area (Å²) in [6.45, 7) is 7.40. The molecule has 0 saturated heterocycles. The van der Waals surface area contributed by atoms with Crippen LogP contribution in [-0.2, 0) is 0 Å². The zero-order chi connectivity index (χ0) is 9.72. The highest BCUT2D eigenvalue weighted by Gasteiger charge is 1.90. The van der Waals surface area contributed by atoms with Gasteiger partial charge in [-0.2, -0.15) is 0 Å². The van der Waals surface area contributed by atoms with E-state index in [2.05, 4.69) is 4.99 Å². The van der Waals surface area contributed by atoms with Crippen LogP contribution >= 0.6 is 11.6 Å². The molecule has 0 radical (unpaired) electrons. The number of nitrogens with zero attached hydrogens (tertiary/aromatic N) is 1. The first-order valence-electron chi connectivity index (χ1n) is 3.75. The lowest BCUT2D eigenvalue weighted by atomic mass is 10.3. The fourth-order valence-electron chi connectivity index (χ4n) is 0.673. The van der Waals surface area contributed by atoms with Crippen molar-refractivity contribution in [3.63, 3.8) is 0 Å². The fourth-order valence-corrected chi connectivity index (χ4v) is 0.831. The highest BCUT2D eigenvalue weighted by atomic mass is 35.5. The van der Waals surface area contributed by atoms with Gasteiger partial charge in [0.25, 0.3) is 0 Å². The van der Waals surface area contributed by atoms with Gasteiger partial charge in [-0.25, -0.2) is 0 Å². The molecule has 0 aliphatic heterocycles. The first-order chi connectivity index (χ1) is 5.43. The van der Waals surface area contributed by atoms with Gasteiger partial charge in [-0.1, -0.05) is 11.6 Å². The van der Waals surface area contributed by atoms with E-state index < -0.39 is 0 Å². The third kappa shape index (κ3) is 4.97. The minimum Gasteiger partial charge on any atom is -0.401 e. The van der Waals surface area contributed by atoms with Crippen LogP contribution in [-0.4, -0.2) is 5.71 Å². The number of nitrogens with two attached hydrogens (primary N) is 1. The summed E-state index contributed by atoms with van der Waals surface area (Å²) in [5.74, 6) is 0. The second-order valence-electron chi connectivity index (χ2n) is 2.75. The first-order valence-corrected chi connectivity index (χ1v) is 4.13. The second kappa shape index (κ2) is 4.99. The molecule has 0 aliphatic rings. The normalized spacial score (nSPS) is 16.1. The monoisotopic (exact) mass is 186 g/mol. The van der Waals surface area contributed by atoms with E-state index in [1.165, 1.54) is 0 Å². The molecule has 0 aromatic rings. The van der Waals surface area contributed by atoms with Gasteiger partial charge >= 0.3 is 0 Å². The third-order valence-corrected chi connectivity index (χ3v) is 1.43. The van der Waals surface area contributed by atoms with E-state index in [0.29, 0.717) is 0 Å². The van der Waals surface area contributed by atoms with Gasteiger partial charge in [0.05, 0.1) is 5.70 Å². The Hall–Kier alpha value is -0.760. The first kappa shape index (κ1) is 11.2. The number of halogens is 1. The van der Waals surface area contributed by atoms with Crippen LogP contribution in [0.5, 0.6) is 0 Å². The molecule has 0 saturated carbocycles. The van der Waals surface area contributed by atoms with Crippen LogP contribution in [0.2, 0.25) is 0 Å². The lowest BCUT2D eigenvalue weighted by molar-refractivity contribution is 1.15. The average molecular weight is 187 g/mol. The summed E-state index contributed by atoms with van der Waals surface area (Å²) in [5.41, 5.74) is 7.97. The average Bonchev–Trinajstić information content (AvgIpc) is 1.84. The Labute approximate surface area is 78.8 Å². The number of hydrogen-bond donors (Lipinski definition) is 1. The predicted molar refractivity (Wildman–Crippen MR) is 55.3 cm³/mol. The van der Waals surface area contributed by atoms with Crippen molar-refractivity contribution in [1.29, 1.82) is 0 Å². The van der Waals surface area contributed by atoms with Crippen molar-refractivity contribution in [1.82, 2.24) is 0 Å². The number of rotatable bonds is 2. The minimum absolute atomic E-state index is 0.721. The van der Waals surface area contributed by atoms with Gasteiger partial charge in [0, 0.05) is 16.4 Å². The second-order valence-corrected chi connectivity index (χ2v) is 3.35. The minimum atomic E-state index is 0.721. The Morgan fingerprint density at radius 2 is 1.75 bits per heavy atom. The molecule has 2 N–H and O–H groups in total. The van der Waals surface area contributed by atoms with Crippen molar-refractivity contribution in [3.05, 3.63) is 22.5 Å². The zero-order valence-electron chi connectivity index (χ0n) is 7.98. The van der Waals surface area contributed by atoms with Crippen molar-refractivity contribution in [3.8, 4) is 0 Å². The summed E-state index contributed by atoms with van der Waals surface area (Å²) in [4.78, 5) is 4.23. The smallest absolute Gasteiger partial charge is 0.0559 e. The quantitative estimate of drug-likeness (QED) is 0.662. The molecule has 0 fully saturated rings. The lowest BCUT2D eigenvalue weighted by Crippen LogP contribution is -1.95. The fraction of sp³-hybridized carbons (Fsp3) is 0.444. The molecule has 0 aliphatic carbocycles. The molecule has 0 aromatic heterocycles. The maximum atomic E-state index is 5.67. The maximum Gasteiger partial charge on any atom is 0.0559 e. The van der Waals surface area contributed by atoms with Crippen molar-refractivity contribution < 1.29 is 0 Å². The van der Waals surface area contributed by atoms with Crippen molar-refractivity contribution in [2.24, 2.45) is 10.7 Å². The van der Waals surface area contributed by atoms with Crippen LogP contribution < -0.4 is 5.73 Å². The van der Waals surface area contributed by atoms with Gasteiger partial charge in [0.15, 0.2) is 0 Å². The van der Waals surface area contributed by atoms with Gasteiger partial charge in [0.1, 0.15) is 0 Å². The van der Waals surface area contributed by atoms with Crippen molar-refractivity contribution in [2.45, 2.75) is 27.7 Å². The molecule has 0 amide bonds. The van der Waals surface area contributed by atoms with E-state index in [0.717, 1.165) is 22.1 Å². The van der Waals surface area contributed by atoms with Crippen LogP contribution in [0.1, 0.15) is 27.7 Å². The summed E-state index contributed by atoms with van der Waals surface area (Å²) >= 11 is 5.67. The Bertz CT molecular complexity index is 241. The zero-order valence-corrected chi connectivity index (χ0v) is 8.74. The molecule has 0 atom stereocenters. The molecule has 0 unspecified atom stereocenters. The molecule has 12 heavy (non-hydrogen) atoms. The molecule has 0 aromatic carbocycles. The molecule has 2 nitrogen and oxygen atoms in total. The number of allylic oxidation sites excluding steroid dienone is 4. The molecule has 0 rings (SSSR count). The van der Waals surface area contributed by atoms with Crippen molar-refractivity contribution in [2.75, 3.05) is 0 Å². The Morgan fingerprint density at radius 3 is 2.08 bits per heavy atom. The predicted octanol–water partition coefficient (Wildman–Crippen LogP) is 2.80. The third-order valence-electron chi connectivity index (χ3n) is 1.32. The number of hydrogen-bond acceptors (Lipinski definition) is 2. The van der Waals surface area contributed by atoms with E-state index in [4.69, 9.17) is 17.3 Å². The van der Waals surface area contributed by atoms with E-state index in [9.17, 15) is 0 Å². The molecule has 0 bridgehead atoms. The van der Waals surface area contributed by atoms with Gasteiger partial charge < -0.3 is 5.73 Å². The lowest BCUT2D eigenvalue weighted by Gasteiger charge is -1.97. The van der Waals surface area contributed by atoms with E-state index in [-0.39, 0.29) is 0 Å². The Morgan fingerprint density at radius 1 is 1.25 bits per heavy atom. The number of aliphatic imine (C=N–C) groups is 1. The van der Waals surface area contributed by atoms with Crippen LogP contribution in [0.4, 0.5) is 0 Å². The highest BCUT2D eigenvalue weighted by Crippen LogP contribution is 2.03. The van der Waals surface area contributed by atoms with Crippen LogP contribution in [0, 0.1) is 0 Å². The molecule has 68 valence electrons.